The van der Waals surface area contributed by atoms with Crippen LogP contribution in [-0.2, 0) is 21.3 Å². The third-order valence-electron chi connectivity index (χ3n) is 6.92. The fraction of sp³-hybridized carbons (Fsp3) is 0.417. The van der Waals surface area contributed by atoms with E-state index in [1.165, 1.54) is 18.5 Å². The van der Waals surface area contributed by atoms with Crippen molar-refractivity contribution in [2.45, 2.75) is 30.9 Å². The highest BCUT2D eigenvalue weighted by atomic mass is 19.4. The van der Waals surface area contributed by atoms with Crippen molar-refractivity contribution < 1.29 is 36.2 Å². The van der Waals surface area contributed by atoms with Crippen LogP contribution in [0.15, 0.2) is 35.6 Å². The third-order valence-corrected chi connectivity index (χ3v) is 6.92. The molecule has 1 saturated heterocycles. The molecule has 0 atom stereocenters. The quantitative estimate of drug-likeness (QED) is 0.496. The summed E-state index contributed by atoms with van der Waals surface area (Å²) in [5.41, 5.74) is -1.72. The minimum Gasteiger partial charge on any atom is -0.480 e. The second-order valence-electron chi connectivity index (χ2n) is 9.47. The van der Waals surface area contributed by atoms with Crippen LogP contribution in [0.3, 0.4) is 0 Å². The van der Waals surface area contributed by atoms with Gasteiger partial charge in [-0.1, -0.05) is 0 Å². The summed E-state index contributed by atoms with van der Waals surface area (Å²) in [4.78, 5) is 11.1. The maximum atomic E-state index is 14.9. The molecule has 1 saturated carbocycles. The molecule has 1 aromatic carbocycles. The first-order valence-corrected chi connectivity index (χ1v) is 11.1. The molecular formula is C24H20F5N3O3. The van der Waals surface area contributed by atoms with Crippen LogP contribution < -0.4 is 4.74 Å². The Morgan fingerprint density at radius 3 is 2.40 bits per heavy atom. The summed E-state index contributed by atoms with van der Waals surface area (Å²) in [6.07, 6.45) is -1.98. The molecule has 6 nitrogen and oxygen atoms in total. The summed E-state index contributed by atoms with van der Waals surface area (Å²) in [6.45, 7) is 2.13. The molecular weight excluding hydrogens is 473 g/mol. The molecule has 1 aliphatic carbocycles. The second-order valence-corrected chi connectivity index (χ2v) is 9.47. The molecule has 3 aromatic rings. The lowest BCUT2D eigenvalue weighted by Gasteiger charge is -2.42. The van der Waals surface area contributed by atoms with Crippen molar-refractivity contribution in [3.63, 3.8) is 0 Å². The number of pyridine rings is 1. The molecule has 0 unspecified atom stereocenters. The highest BCUT2D eigenvalue weighted by Gasteiger charge is 2.65. The van der Waals surface area contributed by atoms with E-state index in [9.17, 15) is 22.0 Å². The Labute approximate surface area is 196 Å². The average Bonchev–Trinajstić information content (AvgIpc) is 3.49. The molecule has 1 N–H and O–H groups in total. The Bertz CT molecular complexity index is 1320. The van der Waals surface area contributed by atoms with Gasteiger partial charge in [0.15, 0.2) is 23.3 Å². The molecule has 1 spiro atoms. The predicted octanol–water partition coefficient (Wildman–Crippen LogP) is 5.22. The molecule has 2 aromatic heterocycles. The van der Waals surface area contributed by atoms with E-state index in [1.54, 1.807) is 0 Å². The van der Waals surface area contributed by atoms with E-state index in [0.29, 0.717) is 37.8 Å². The van der Waals surface area contributed by atoms with Gasteiger partial charge in [-0.25, -0.2) is 13.8 Å². The highest BCUT2D eigenvalue weighted by Crippen LogP contribution is 2.61. The topological polar surface area (TPSA) is 68.7 Å². The minimum atomic E-state index is -4.47. The lowest BCUT2D eigenvalue weighted by molar-refractivity contribution is -0.160. The van der Waals surface area contributed by atoms with Gasteiger partial charge in [0.05, 0.1) is 36.0 Å². The zero-order valence-corrected chi connectivity index (χ0v) is 18.3. The van der Waals surface area contributed by atoms with Gasteiger partial charge in [-0.2, -0.15) is 13.2 Å². The minimum absolute atomic E-state index is 0.0392. The van der Waals surface area contributed by atoms with Crippen LogP contribution in [-0.4, -0.2) is 48.4 Å². The van der Waals surface area contributed by atoms with Crippen LogP contribution in [0.4, 0.5) is 22.0 Å². The largest absolute Gasteiger partial charge is 0.480 e. The molecule has 3 aliphatic rings. The van der Waals surface area contributed by atoms with Crippen molar-refractivity contribution in [3.8, 4) is 11.5 Å². The number of alkyl halides is 3. The van der Waals surface area contributed by atoms with E-state index < -0.39 is 29.0 Å². The number of halogens is 5. The number of nitrogens with zero attached hydrogens (tertiary/aromatic N) is 2. The third kappa shape index (κ3) is 3.64. The number of nitrogens with one attached hydrogen (secondary N) is 1. The standard InChI is InChI=1S/C24H20F5N3O3/c25-15-5-13(7-18-32-9-22(12-34-18)10-33-11-22)6-16(26)20(15)35-17-1-4-30-21-19(17)14(8-31-21)23(2-3-23)24(27,28)29/h1,4-6,8H,2-3,7,9-12H2,(H,30,31). The molecule has 2 aliphatic heterocycles. The average molecular weight is 493 g/mol. The normalized spacial score (nSPS) is 20.3. The number of hydrogen-bond donors (Lipinski definition) is 1. The van der Waals surface area contributed by atoms with Crippen LogP contribution in [0.25, 0.3) is 11.0 Å². The molecule has 0 amide bonds. The van der Waals surface area contributed by atoms with Crippen LogP contribution in [0.5, 0.6) is 11.5 Å². The van der Waals surface area contributed by atoms with Gasteiger partial charge in [0.25, 0.3) is 0 Å². The Hall–Kier alpha value is -3.21. The molecule has 11 heteroatoms. The summed E-state index contributed by atoms with van der Waals surface area (Å²) < 4.78 is 87.5. The van der Waals surface area contributed by atoms with Gasteiger partial charge in [-0.3, -0.25) is 4.99 Å². The summed E-state index contributed by atoms with van der Waals surface area (Å²) in [6, 6.07) is 3.51. The molecule has 6 rings (SSSR count). The second kappa shape index (κ2) is 7.64. The van der Waals surface area contributed by atoms with Crippen LogP contribution in [0, 0.1) is 17.0 Å². The van der Waals surface area contributed by atoms with Crippen molar-refractivity contribution in [2.75, 3.05) is 26.4 Å². The number of aromatic nitrogens is 2. The first kappa shape index (κ1) is 22.3. The summed E-state index contributed by atoms with van der Waals surface area (Å²) in [5, 5.41) is 0.0593. The zero-order valence-electron chi connectivity index (χ0n) is 18.3. The van der Waals surface area contributed by atoms with Gasteiger partial charge in [0, 0.05) is 18.8 Å². The zero-order chi connectivity index (χ0) is 24.4. The summed E-state index contributed by atoms with van der Waals surface area (Å²) in [7, 11) is 0. The van der Waals surface area contributed by atoms with Gasteiger partial charge in [-0.15, -0.1) is 0 Å². The van der Waals surface area contributed by atoms with Gasteiger partial charge in [0.2, 0.25) is 0 Å². The van der Waals surface area contributed by atoms with Gasteiger partial charge in [0.1, 0.15) is 18.0 Å². The maximum absolute atomic E-state index is 14.9. The van der Waals surface area contributed by atoms with Crippen LogP contribution >= 0.6 is 0 Å². The highest BCUT2D eigenvalue weighted by molar-refractivity contribution is 5.88. The number of H-pyrrole nitrogens is 1. The Balaban J connectivity index is 1.28. The molecule has 2 fully saturated rings. The number of aromatic amines is 1. The summed E-state index contributed by atoms with van der Waals surface area (Å²) in [5.74, 6) is -2.41. The van der Waals surface area contributed by atoms with Crippen molar-refractivity contribution in [1.29, 1.82) is 0 Å². The Kier molecular flexibility index (Phi) is 4.86. The monoisotopic (exact) mass is 493 g/mol. The lowest BCUT2D eigenvalue weighted by atomic mass is 9.86. The van der Waals surface area contributed by atoms with Gasteiger partial charge in [-0.05, 0) is 42.2 Å². The summed E-state index contributed by atoms with van der Waals surface area (Å²) >= 11 is 0. The molecule has 184 valence electrons. The van der Waals surface area contributed by atoms with Crippen LogP contribution in [0.1, 0.15) is 24.0 Å². The first-order chi connectivity index (χ1) is 16.7. The number of benzene rings is 1. The molecule has 35 heavy (non-hydrogen) atoms. The van der Waals surface area contributed by atoms with Crippen molar-refractivity contribution in [3.05, 3.63) is 53.4 Å². The number of rotatable bonds is 5. The Morgan fingerprint density at radius 2 is 1.83 bits per heavy atom. The van der Waals surface area contributed by atoms with E-state index >= 15 is 0 Å². The van der Waals surface area contributed by atoms with E-state index in [-0.39, 0.29) is 47.0 Å². The number of ether oxygens (including phenoxy) is 3. The fourth-order valence-electron chi connectivity index (χ4n) is 4.67. The molecule has 0 radical (unpaired) electrons. The molecule has 4 heterocycles. The first-order valence-electron chi connectivity index (χ1n) is 11.1. The fourth-order valence-corrected chi connectivity index (χ4v) is 4.67. The molecule has 0 bridgehead atoms. The van der Waals surface area contributed by atoms with Crippen molar-refractivity contribution >= 4 is 16.9 Å². The maximum Gasteiger partial charge on any atom is 0.398 e. The van der Waals surface area contributed by atoms with E-state index in [2.05, 4.69) is 15.0 Å². The van der Waals surface area contributed by atoms with Crippen molar-refractivity contribution in [2.24, 2.45) is 10.4 Å². The Morgan fingerprint density at radius 1 is 1.09 bits per heavy atom. The van der Waals surface area contributed by atoms with E-state index in [0.717, 1.165) is 12.1 Å². The predicted molar refractivity (Wildman–Crippen MR) is 115 cm³/mol. The number of fused-ring (bicyclic) bond motifs is 1. The van der Waals surface area contributed by atoms with Crippen LogP contribution in [0.2, 0.25) is 0 Å². The lowest BCUT2D eigenvalue weighted by Crippen LogP contribution is -2.51. The number of aliphatic imine (C=N–C) groups is 1. The van der Waals surface area contributed by atoms with E-state index in [4.69, 9.17) is 14.2 Å². The van der Waals surface area contributed by atoms with Gasteiger partial charge >= 0.3 is 6.18 Å². The van der Waals surface area contributed by atoms with Gasteiger partial charge < -0.3 is 19.2 Å². The van der Waals surface area contributed by atoms with E-state index in [1.807, 2.05) is 0 Å². The van der Waals surface area contributed by atoms with Crippen molar-refractivity contribution in [1.82, 2.24) is 9.97 Å². The number of hydrogen-bond acceptors (Lipinski definition) is 5. The SMILES string of the molecule is Fc1cc(CC2=NCC3(COC3)CO2)cc(F)c1Oc1ccnc2[nH]cc(C3(C(F)(F)F)CC3)c12. The smallest absolute Gasteiger partial charge is 0.398 e.